The first-order valence-electron chi connectivity index (χ1n) is 8.32. The van der Waals surface area contributed by atoms with Crippen molar-refractivity contribution in [3.8, 4) is 11.5 Å². The second kappa shape index (κ2) is 5.78. The van der Waals surface area contributed by atoms with Gasteiger partial charge >= 0.3 is 0 Å². The Kier molecular flexibility index (Phi) is 3.78. The van der Waals surface area contributed by atoms with Gasteiger partial charge in [-0.2, -0.15) is 4.98 Å². The van der Waals surface area contributed by atoms with Crippen LogP contribution in [-0.2, 0) is 17.1 Å². The van der Waals surface area contributed by atoms with Crippen LogP contribution in [-0.4, -0.2) is 29.2 Å². The SMILES string of the molecule is Cn1ccc(-c2nc([C@@H]3[C@H](NS(=O)(=O)c4ccccc4)C3(C)C)no2)c1. The van der Waals surface area contributed by atoms with Crippen LogP contribution >= 0.6 is 0 Å². The zero-order valence-electron chi connectivity index (χ0n) is 14.7. The maximum Gasteiger partial charge on any atom is 0.259 e. The lowest BCUT2D eigenvalue weighted by Gasteiger charge is -2.07. The normalized spacial score (nSPS) is 21.7. The molecule has 0 amide bonds. The number of rotatable bonds is 5. The predicted molar refractivity (Wildman–Crippen MR) is 95.8 cm³/mol. The monoisotopic (exact) mass is 372 g/mol. The molecule has 1 fully saturated rings. The van der Waals surface area contributed by atoms with Gasteiger partial charge in [-0.15, -0.1) is 0 Å². The van der Waals surface area contributed by atoms with Crippen molar-refractivity contribution in [1.29, 1.82) is 0 Å². The maximum absolute atomic E-state index is 12.6. The summed E-state index contributed by atoms with van der Waals surface area (Å²) in [6.07, 6.45) is 3.79. The van der Waals surface area contributed by atoms with Crippen molar-refractivity contribution in [2.24, 2.45) is 12.5 Å². The number of hydrogen-bond acceptors (Lipinski definition) is 5. The highest BCUT2D eigenvalue weighted by molar-refractivity contribution is 7.89. The van der Waals surface area contributed by atoms with Gasteiger partial charge in [-0.3, -0.25) is 0 Å². The Labute approximate surface area is 152 Å². The minimum atomic E-state index is -3.59. The van der Waals surface area contributed by atoms with E-state index in [1.165, 1.54) is 0 Å². The third kappa shape index (κ3) is 2.85. The molecule has 1 aliphatic rings. The molecule has 0 bridgehead atoms. The smallest absolute Gasteiger partial charge is 0.259 e. The van der Waals surface area contributed by atoms with Crippen LogP contribution in [0.1, 0.15) is 25.6 Å². The van der Waals surface area contributed by atoms with Gasteiger partial charge in [-0.1, -0.05) is 37.2 Å². The van der Waals surface area contributed by atoms with Gasteiger partial charge in [0, 0.05) is 31.4 Å². The fourth-order valence-corrected chi connectivity index (χ4v) is 4.71. The Hall–Kier alpha value is -2.45. The molecule has 2 aromatic heterocycles. The molecular weight excluding hydrogens is 352 g/mol. The minimum absolute atomic E-state index is 0.137. The number of sulfonamides is 1. The Balaban J connectivity index is 1.56. The zero-order valence-corrected chi connectivity index (χ0v) is 15.6. The largest absolute Gasteiger partial charge is 0.356 e. The molecule has 1 saturated carbocycles. The van der Waals surface area contributed by atoms with E-state index in [0.717, 1.165) is 5.56 Å². The van der Waals surface area contributed by atoms with Gasteiger partial charge in [0.1, 0.15) is 0 Å². The topological polar surface area (TPSA) is 90.0 Å². The van der Waals surface area contributed by atoms with E-state index in [2.05, 4.69) is 14.9 Å². The summed E-state index contributed by atoms with van der Waals surface area (Å²) in [6.45, 7) is 3.99. The summed E-state index contributed by atoms with van der Waals surface area (Å²) in [7, 11) is -1.67. The van der Waals surface area contributed by atoms with Crippen molar-refractivity contribution < 1.29 is 12.9 Å². The molecule has 8 heteroatoms. The molecule has 7 nitrogen and oxygen atoms in total. The van der Waals surface area contributed by atoms with Gasteiger partial charge in [0.05, 0.1) is 10.5 Å². The van der Waals surface area contributed by atoms with Crippen LogP contribution in [0.15, 0.2) is 58.2 Å². The summed E-state index contributed by atoms with van der Waals surface area (Å²) in [5.74, 6) is 0.824. The molecule has 26 heavy (non-hydrogen) atoms. The van der Waals surface area contributed by atoms with Crippen molar-refractivity contribution in [3.63, 3.8) is 0 Å². The van der Waals surface area contributed by atoms with Gasteiger partial charge in [0.15, 0.2) is 5.82 Å². The lowest BCUT2D eigenvalue weighted by molar-refractivity contribution is 0.419. The van der Waals surface area contributed by atoms with E-state index < -0.39 is 10.0 Å². The minimum Gasteiger partial charge on any atom is -0.356 e. The molecule has 0 unspecified atom stereocenters. The summed E-state index contributed by atoms with van der Waals surface area (Å²) < 4.78 is 35.3. The first-order valence-corrected chi connectivity index (χ1v) is 9.81. The number of aryl methyl sites for hydroxylation is 1. The molecule has 136 valence electrons. The van der Waals surface area contributed by atoms with Gasteiger partial charge in [-0.25, -0.2) is 13.1 Å². The third-order valence-corrected chi connectivity index (χ3v) is 6.42. The summed E-state index contributed by atoms with van der Waals surface area (Å²) in [6, 6.07) is 9.96. The van der Waals surface area contributed by atoms with Gasteiger partial charge in [-0.05, 0) is 23.6 Å². The number of nitrogens with zero attached hydrogens (tertiary/aromatic N) is 3. The van der Waals surface area contributed by atoms with Crippen LogP contribution < -0.4 is 4.72 Å². The lowest BCUT2D eigenvalue weighted by Crippen LogP contribution is -2.29. The zero-order chi connectivity index (χ0) is 18.5. The van der Waals surface area contributed by atoms with Crippen LogP contribution in [0.25, 0.3) is 11.5 Å². The average Bonchev–Trinajstić information content (AvgIpc) is 3.02. The molecule has 0 saturated heterocycles. The summed E-state index contributed by atoms with van der Waals surface area (Å²) in [5, 5.41) is 4.08. The van der Waals surface area contributed by atoms with E-state index in [1.54, 1.807) is 30.3 Å². The van der Waals surface area contributed by atoms with E-state index in [0.29, 0.717) is 11.7 Å². The van der Waals surface area contributed by atoms with Crippen molar-refractivity contribution in [3.05, 3.63) is 54.6 Å². The molecule has 2 atom stereocenters. The highest BCUT2D eigenvalue weighted by Gasteiger charge is 2.62. The van der Waals surface area contributed by atoms with Gasteiger partial charge in [0.25, 0.3) is 5.89 Å². The van der Waals surface area contributed by atoms with Gasteiger partial charge in [0.2, 0.25) is 10.0 Å². The molecule has 1 aromatic carbocycles. The number of aromatic nitrogens is 3. The Bertz CT molecular complexity index is 1040. The number of hydrogen-bond donors (Lipinski definition) is 1. The highest BCUT2D eigenvalue weighted by atomic mass is 32.2. The lowest BCUT2D eigenvalue weighted by atomic mass is 10.1. The Morgan fingerprint density at radius 2 is 1.92 bits per heavy atom. The molecular formula is C18H20N4O3S. The van der Waals surface area contributed by atoms with E-state index in [-0.39, 0.29) is 22.3 Å². The van der Waals surface area contributed by atoms with Crippen LogP contribution in [0.5, 0.6) is 0 Å². The summed E-state index contributed by atoms with van der Waals surface area (Å²) in [5.41, 5.74) is 0.547. The summed E-state index contributed by atoms with van der Waals surface area (Å²) in [4.78, 5) is 4.73. The first-order chi connectivity index (χ1) is 12.3. The van der Waals surface area contributed by atoms with Crippen LogP contribution in [0.3, 0.4) is 0 Å². The van der Waals surface area contributed by atoms with Crippen molar-refractivity contribution in [1.82, 2.24) is 19.4 Å². The van der Waals surface area contributed by atoms with E-state index >= 15 is 0 Å². The fraction of sp³-hybridized carbons (Fsp3) is 0.333. The predicted octanol–water partition coefficient (Wildman–Crippen LogP) is 2.55. The van der Waals surface area contributed by atoms with Crippen LogP contribution in [0.4, 0.5) is 0 Å². The number of benzene rings is 1. The molecule has 2 heterocycles. The Morgan fingerprint density at radius 1 is 1.19 bits per heavy atom. The molecule has 3 aromatic rings. The fourth-order valence-electron chi connectivity index (χ4n) is 3.28. The quantitative estimate of drug-likeness (QED) is 0.743. The standard InChI is InChI=1S/C18H20N4O3S/c1-18(2)14(15(18)21-26(23,24)13-7-5-4-6-8-13)16-19-17(25-20-16)12-9-10-22(3)11-12/h4-11,14-15,21H,1-3H3/t14-,15-/m0/s1. The molecule has 0 aliphatic heterocycles. The number of nitrogens with one attached hydrogen (secondary N) is 1. The molecule has 1 N–H and O–H groups in total. The second-order valence-electron chi connectivity index (χ2n) is 7.23. The molecule has 0 spiro atoms. The van der Waals surface area contributed by atoms with Crippen molar-refractivity contribution >= 4 is 10.0 Å². The highest BCUT2D eigenvalue weighted by Crippen LogP contribution is 2.58. The van der Waals surface area contributed by atoms with Crippen LogP contribution in [0, 0.1) is 5.41 Å². The maximum atomic E-state index is 12.6. The molecule has 1 aliphatic carbocycles. The van der Waals surface area contributed by atoms with Crippen molar-refractivity contribution in [2.75, 3.05) is 0 Å². The third-order valence-electron chi connectivity index (χ3n) is 4.96. The molecule has 4 rings (SSSR count). The summed E-state index contributed by atoms with van der Waals surface area (Å²) >= 11 is 0. The Morgan fingerprint density at radius 3 is 2.58 bits per heavy atom. The van der Waals surface area contributed by atoms with Crippen molar-refractivity contribution in [2.45, 2.75) is 30.7 Å². The van der Waals surface area contributed by atoms with Crippen LogP contribution in [0.2, 0.25) is 0 Å². The van der Waals surface area contributed by atoms with E-state index in [4.69, 9.17) is 4.52 Å². The first kappa shape index (κ1) is 17.0. The second-order valence-corrected chi connectivity index (χ2v) is 8.95. The molecule has 0 radical (unpaired) electrons. The van der Waals surface area contributed by atoms with E-state index in [1.807, 2.05) is 43.9 Å². The van der Waals surface area contributed by atoms with E-state index in [9.17, 15) is 8.42 Å². The van der Waals surface area contributed by atoms with Gasteiger partial charge < -0.3 is 9.09 Å². The average molecular weight is 372 g/mol.